The number of hydrogen-bond acceptors (Lipinski definition) is 4. The maximum absolute atomic E-state index is 13.7. The van der Waals surface area contributed by atoms with E-state index in [9.17, 15) is 18.3 Å². The molecule has 0 saturated heterocycles. The van der Waals surface area contributed by atoms with E-state index in [1.54, 1.807) is 24.3 Å². The summed E-state index contributed by atoms with van der Waals surface area (Å²) in [5.74, 6) is -1.31. The summed E-state index contributed by atoms with van der Waals surface area (Å²) in [6.07, 6.45) is -0.0689. The number of hydrogen-bond donors (Lipinski definition) is 4. The van der Waals surface area contributed by atoms with Crippen LogP contribution >= 0.6 is 0 Å². The quantitative estimate of drug-likeness (QED) is 0.294. The Morgan fingerprint density at radius 2 is 1.53 bits per heavy atom. The first-order valence-corrected chi connectivity index (χ1v) is 12.8. The summed E-state index contributed by atoms with van der Waals surface area (Å²) in [4.78, 5) is 16.2. The van der Waals surface area contributed by atoms with Crippen molar-refractivity contribution >= 4 is 27.6 Å². The molecule has 0 bridgehead atoms. The minimum absolute atomic E-state index is 0.0673. The molecular formula is C25H36N4O4S. The summed E-state index contributed by atoms with van der Waals surface area (Å²) < 4.78 is 29.7. The predicted molar refractivity (Wildman–Crippen MR) is 136 cm³/mol. The lowest BCUT2D eigenvalue weighted by molar-refractivity contribution is -0.138. The lowest BCUT2D eigenvalue weighted by Gasteiger charge is -2.24. The van der Waals surface area contributed by atoms with Crippen LogP contribution in [0, 0.1) is 0 Å². The van der Waals surface area contributed by atoms with E-state index in [0.29, 0.717) is 22.4 Å². The van der Waals surface area contributed by atoms with Gasteiger partial charge in [0.2, 0.25) is 10.0 Å². The van der Waals surface area contributed by atoms with E-state index in [1.807, 2.05) is 39.8 Å². The van der Waals surface area contributed by atoms with Crippen LogP contribution in [0.5, 0.6) is 0 Å². The molecule has 2 rings (SSSR count). The molecular weight excluding hydrogens is 452 g/mol. The lowest BCUT2D eigenvalue weighted by atomic mass is 9.89. The molecule has 0 aromatic heterocycles. The molecule has 0 saturated carbocycles. The molecule has 34 heavy (non-hydrogen) atoms. The summed E-state index contributed by atoms with van der Waals surface area (Å²) >= 11 is 0. The number of guanidine groups is 1. The fourth-order valence-electron chi connectivity index (χ4n) is 3.76. The number of rotatable bonds is 10. The highest BCUT2D eigenvalue weighted by atomic mass is 32.2. The van der Waals surface area contributed by atoms with Crippen LogP contribution in [0.15, 0.2) is 46.3 Å². The topological polar surface area (TPSA) is 148 Å². The van der Waals surface area contributed by atoms with Crippen LogP contribution < -0.4 is 16.2 Å². The Bertz CT molecular complexity index is 1140. The van der Waals surface area contributed by atoms with Gasteiger partial charge in [-0.3, -0.25) is 4.79 Å². The van der Waals surface area contributed by atoms with Gasteiger partial charge in [0, 0.05) is 0 Å². The first-order chi connectivity index (χ1) is 15.7. The first-order valence-electron chi connectivity index (χ1n) is 11.3. The van der Waals surface area contributed by atoms with Gasteiger partial charge in [-0.1, -0.05) is 65.8 Å². The van der Waals surface area contributed by atoms with E-state index in [0.717, 1.165) is 5.56 Å². The molecule has 8 nitrogen and oxygen atoms in total. The largest absolute Gasteiger partial charge is 0.480 e. The molecule has 1 atom stereocenters. The fraction of sp³-hybridized carbons (Fsp3) is 0.440. The second-order valence-corrected chi connectivity index (χ2v) is 11.1. The van der Waals surface area contributed by atoms with E-state index in [2.05, 4.69) is 23.6 Å². The van der Waals surface area contributed by atoms with E-state index in [-0.39, 0.29) is 35.0 Å². The molecule has 2 aromatic rings. The highest BCUT2D eigenvalue weighted by molar-refractivity contribution is 7.89. The summed E-state index contributed by atoms with van der Waals surface area (Å²) in [5.41, 5.74) is 14.3. The van der Waals surface area contributed by atoms with Crippen molar-refractivity contribution in [2.75, 3.05) is 0 Å². The van der Waals surface area contributed by atoms with E-state index >= 15 is 0 Å². The lowest BCUT2D eigenvalue weighted by Crippen LogP contribution is -2.43. The van der Waals surface area contributed by atoms with Crippen LogP contribution in [0.25, 0.3) is 0 Å². The molecule has 0 fully saturated rings. The standard InChI is InChI=1S/C25H36N4O4S/c1-14(2)18-12-20(15(3)4)23(21(13-18)16(5)6)34(32,33)29-22(24(30)31)11-17-8-7-9-19(10-17)28-25(26)27/h7-10,12-16,22,29H,11H2,1-6H3,(H,30,31)(H4,26,27,28)/t22-/m0/s1. The third-order valence-corrected chi connectivity index (χ3v) is 7.16. The zero-order valence-corrected chi connectivity index (χ0v) is 21.5. The Morgan fingerprint density at radius 1 is 0.971 bits per heavy atom. The maximum Gasteiger partial charge on any atom is 0.322 e. The van der Waals surface area contributed by atoms with E-state index < -0.39 is 22.0 Å². The minimum atomic E-state index is -4.15. The van der Waals surface area contributed by atoms with E-state index in [4.69, 9.17) is 11.5 Å². The fourth-order valence-corrected chi connectivity index (χ4v) is 5.65. The van der Waals surface area contributed by atoms with Crippen molar-refractivity contribution in [2.45, 2.75) is 76.7 Å². The zero-order chi connectivity index (χ0) is 25.8. The van der Waals surface area contributed by atoms with Gasteiger partial charge in [-0.05, 0) is 58.6 Å². The Morgan fingerprint density at radius 3 is 1.97 bits per heavy atom. The van der Waals surface area contributed by atoms with Crippen LogP contribution in [-0.2, 0) is 21.2 Å². The predicted octanol–water partition coefficient (Wildman–Crippen LogP) is 3.94. The molecule has 2 aromatic carbocycles. The SMILES string of the molecule is CC(C)c1cc(C(C)C)c(S(=O)(=O)N[C@@H](Cc2cccc(N=C(N)N)c2)C(=O)O)c(C(C)C)c1. The minimum Gasteiger partial charge on any atom is -0.480 e. The van der Waals surface area contributed by atoms with Gasteiger partial charge in [0.25, 0.3) is 0 Å². The molecule has 0 amide bonds. The van der Waals surface area contributed by atoms with Gasteiger partial charge in [0.1, 0.15) is 6.04 Å². The van der Waals surface area contributed by atoms with Crippen molar-refractivity contribution < 1.29 is 18.3 Å². The van der Waals surface area contributed by atoms with E-state index in [1.165, 1.54) is 0 Å². The van der Waals surface area contributed by atoms with Crippen molar-refractivity contribution in [3.63, 3.8) is 0 Å². The second kappa shape index (κ2) is 11.0. The number of nitrogens with one attached hydrogen (secondary N) is 1. The molecule has 186 valence electrons. The van der Waals surface area contributed by atoms with Gasteiger partial charge >= 0.3 is 5.97 Å². The van der Waals surface area contributed by atoms with Crippen molar-refractivity contribution in [3.8, 4) is 0 Å². The Balaban J connectivity index is 2.54. The van der Waals surface area contributed by atoms with Gasteiger partial charge in [0.05, 0.1) is 10.6 Å². The van der Waals surface area contributed by atoms with Crippen LogP contribution in [-0.4, -0.2) is 31.5 Å². The molecule has 6 N–H and O–H groups in total. The van der Waals surface area contributed by atoms with Crippen molar-refractivity contribution in [1.82, 2.24) is 4.72 Å². The van der Waals surface area contributed by atoms with Crippen LogP contribution in [0.2, 0.25) is 0 Å². The monoisotopic (exact) mass is 488 g/mol. The van der Waals surface area contributed by atoms with Gasteiger partial charge in [-0.25, -0.2) is 13.4 Å². The number of benzene rings is 2. The Hall–Kier alpha value is -2.91. The summed E-state index contributed by atoms with van der Waals surface area (Å²) in [6.45, 7) is 11.9. The number of aliphatic imine (C=N–C) groups is 1. The van der Waals surface area contributed by atoms with Gasteiger partial charge in [-0.2, -0.15) is 4.72 Å². The van der Waals surface area contributed by atoms with Gasteiger partial charge in [0.15, 0.2) is 5.96 Å². The molecule has 0 spiro atoms. The maximum atomic E-state index is 13.7. The zero-order valence-electron chi connectivity index (χ0n) is 20.7. The second-order valence-electron chi connectivity index (χ2n) is 9.42. The van der Waals surface area contributed by atoms with Gasteiger partial charge < -0.3 is 16.6 Å². The molecule has 0 aliphatic carbocycles. The average Bonchev–Trinajstić information content (AvgIpc) is 2.71. The van der Waals surface area contributed by atoms with Crippen molar-refractivity contribution in [1.29, 1.82) is 0 Å². The average molecular weight is 489 g/mol. The third kappa shape index (κ3) is 6.80. The van der Waals surface area contributed by atoms with Crippen molar-refractivity contribution in [3.05, 3.63) is 58.7 Å². The molecule has 0 unspecified atom stereocenters. The van der Waals surface area contributed by atoms with Crippen LogP contribution in [0.4, 0.5) is 5.69 Å². The van der Waals surface area contributed by atoms with Gasteiger partial charge in [-0.15, -0.1) is 0 Å². The smallest absolute Gasteiger partial charge is 0.322 e. The summed E-state index contributed by atoms with van der Waals surface area (Å²) in [7, 11) is -4.15. The van der Waals surface area contributed by atoms with Crippen LogP contribution in [0.3, 0.4) is 0 Å². The Labute approximate surface area is 202 Å². The van der Waals surface area contributed by atoms with Crippen molar-refractivity contribution in [2.24, 2.45) is 16.5 Å². The number of sulfonamides is 1. The molecule has 0 aliphatic rings. The molecule has 0 aliphatic heterocycles. The third-order valence-electron chi connectivity index (χ3n) is 5.55. The highest BCUT2D eigenvalue weighted by Crippen LogP contribution is 2.35. The molecule has 9 heteroatoms. The highest BCUT2D eigenvalue weighted by Gasteiger charge is 2.31. The number of carbonyl (C=O) groups is 1. The number of aliphatic carboxylic acids is 1. The van der Waals surface area contributed by atoms with Crippen LogP contribution in [0.1, 0.15) is 81.5 Å². The number of nitrogens with two attached hydrogens (primary N) is 2. The summed E-state index contributed by atoms with van der Waals surface area (Å²) in [6, 6.07) is 9.15. The molecule has 0 heterocycles. The first kappa shape index (κ1) is 27.3. The number of carboxylic acids is 1. The number of nitrogens with zero attached hydrogens (tertiary/aromatic N) is 1. The molecule has 0 radical (unpaired) electrons. The summed E-state index contributed by atoms with van der Waals surface area (Å²) in [5, 5.41) is 9.84. The Kier molecular flexibility index (Phi) is 8.85. The number of carboxylic acid groups (broad SMARTS) is 1. The normalized spacial score (nSPS) is 12.9.